The van der Waals surface area contributed by atoms with Crippen LogP contribution in [0.2, 0.25) is 5.02 Å². The Morgan fingerprint density at radius 2 is 1.72 bits per heavy atom. The summed E-state index contributed by atoms with van der Waals surface area (Å²) in [7, 11) is 0. The van der Waals surface area contributed by atoms with Gasteiger partial charge in [-0.05, 0) is 77.9 Å². The van der Waals surface area contributed by atoms with Crippen molar-refractivity contribution in [2.45, 2.75) is 12.8 Å². The molecule has 1 fully saturated rings. The highest BCUT2D eigenvalue weighted by Gasteiger charge is 2.29. The van der Waals surface area contributed by atoms with Crippen LogP contribution in [0.1, 0.15) is 33.6 Å². The third-order valence-corrected chi connectivity index (χ3v) is 5.65. The van der Waals surface area contributed by atoms with Crippen LogP contribution in [0.4, 0.5) is 0 Å². The summed E-state index contributed by atoms with van der Waals surface area (Å²) in [6.07, 6.45) is 1.28. The summed E-state index contributed by atoms with van der Waals surface area (Å²) in [4.78, 5) is 27.0. The Balaban J connectivity index is 1.65. The van der Waals surface area contributed by atoms with Gasteiger partial charge in [0.25, 0.3) is 5.91 Å². The molecule has 1 N–H and O–H groups in total. The third-order valence-electron chi connectivity index (χ3n) is 4.46. The van der Waals surface area contributed by atoms with Crippen LogP contribution in [0.3, 0.4) is 0 Å². The molecule has 0 spiro atoms. The van der Waals surface area contributed by atoms with Crippen molar-refractivity contribution >= 4 is 45.9 Å². The Morgan fingerprint density at radius 1 is 1.08 bits per heavy atom. The zero-order valence-electron chi connectivity index (χ0n) is 13.4. The number of hydrogen-bond donors (Lipinski definition) is 1. The molecule has 1 heterocycles. The number of benzene rings is 2. The molecule has 4 nitrogen and oxygen atoms in total. The minimum atomic E-state index is -0.0994. The molecule has 25 heavy (non-hydrogen) atoms. The number of aromatic hydroxyl groups is 1. The predicted octanol–water partition coefficient (Wildman–Crippen LogP) is 4.39. The van der Waals surface area contributed by atoms with Crippen LogP contribution in [0.5, 0.6) is 5.75 Å². The van der Waals surface area contributed by atoms with E-state index in [9.17, 15) is 14.7 Å². The van der Waals surface area contributed by atoms with Crippen molar-refractivity contribution in [1.82, 2.24) is 4.90 Å². The lowest BCUT2D eigenvalue weighted by Gasteiger charge is -2.31. The summed E-state index contributed by atoms with van der Waals surface area (Å²) in [5.41, 5.74) is 1.17. The second-order valence-electron chi connectivity index (χ2n) is 6.10. The molecule has 0 unspecified atom stereocenters. The largest absolute Gasteiger partial charge is 0.508 e. The molecule has 0 aliphatic carbocycles. The van der Waals surface area contributed by atoms with Crippen molar-refractivity contribution in [3.63, 3.8) is 0 Å². The normalized spacial score (nSPS) is 15.2. The average Bonchev–Trinajstić information content (AvgIpc) is 2.63. The summed E-state index contributed by atoms with van der Waals surface area (Å²) in [6.45, 7) is 1.07. The van der Waals surface area contributed by atoms with Crippen molar-refractivity contribution in [3.8, 4) is 5.75 Å². The number of carbonyl (C=O) groups excluding carboxylic acids is 2. The van der Waals surface area contributed by atoms with Gasteiger partial charge in [-0.1, -0.05) is 11.6 Å². The van der Waals surface area contributed by atoms with E-state index >= 15 is 0 Å². The van der Waals surface area contributed by atoms with E-state index in [0.29, 0.717) is 42.1 Å². The summed E-state index contributed by atoms with van der Waals surface area (Å²) in [5.74, 6) is 0.0124. The van der Waals surface area contributed by atoms with Gasteiger partial charge in [0.05, 0.1) is 5.56 Å². The minimum Gasteiger partial charge on any atom is -0.508 e. The van der Waals surface area contributed by atoms with E-state index in [1.165, 1.54) is 6.07 Å². The topological polar surface area (TPSA) is 57.6 Å². The number of amides is 1. The average molecular weight is 470 g/mol. The summed E-state index contributed by atoms with van der Waals surface area (Å²) in [5, 5.41) is 10.2. The first-order valence-electron chi connectivity index (χ1n) is 8.03. The Hall–Kier alpha value is -1.60. The number of rotatable bonds is 3. The monoisotopic (exact) mass is 469 g/mol. The van der Waals surface area contributed by atoms with Gasteiger partial charge < -0.3 is 10.0 Å². The molecule has 6 heteroatoms. The molecule has 0 radical (unpaired) electrons. The fourth-order valence-electron chi connectivity index (χ4n) is 3.04. The number of piperidine rings is 1. The SMILES string of the molecule is O=C(c1ccc(Cl)cc1)C1CCN(C(=O)c2cc(O)ccc2I)CC1. The number of halogens is 2. The summed E-state index contributed by atoms with van der Waals surface area (Å²) < 4.78 is 0.805. The Kier molecular flexibility index (Phi) is 5.64. The lowest BCUT2D eigenvalue weighted by atomic mass is 9.88. The maximum absolute atomic E-state index is 12.7. The zero-order valence-corrected chi connectivity index (χ0v) is 16.3. The van der Waals surface area contributed by atoms with E-state index in [2.05, 4.69) is 22.6 Å². The quantitative estimate of drug-likeness (QED) is 0.536. The second kappa shape index (κ2) is 7.74. The Morgan fingerprint density at radius 3 is 2.36 bits per heavy atom. The molecule has 3 rings (SSSR count). The molecule has 2 aromatic carbocycles. The number of hydrogen-bond acceptors (Lipinski definition) is 3. The van der Waals surface area contributed by atoms with Crippen molar-refractivity contribution in [3.05, 3.63) is 62.2 Å². The van der Waals surface area contributed by atoms with E-state index in [0.717, 1.165) is 3.57 Å². The number of phenolic OH excluding ortho intramolecular Hbond substituents is 1. The number of nitrogens with zero attached hydrogens (tertiary/aromatic N) is 1. The lowest BCUT2D eigenvalue weighted by molar-refractivity contribution is 0.0649. The Labute approximate surface area is 164 Å². The van der Waals surface area contributed by atoms with Crippen LogP contribution in [-0.2, 0) is 0 Å². The second-order valence-corrected chi connectivity index (χ2v) is 7.70. The van der Waals surface area contributed by atoms with Gasteiger partial charge >= 0.3 is 0 Å². The van der Waals surface area contributed by atoms with Crippen LogP contribution >= 0.6 is 34.2 Å². The van der Waals surface area contributed by atoms with Crippen molar-refractivity contribution in [2.24, 2.45) is 5.92 Å². The van der Waals surface area contributed by atoms with Gasteiger partial charge in [-0.15, -0.1) is 0 Å². The van der Waals surface area contributed by atoms with Gasteiger partial charge in [0.2, 0.25) is 0 Å². The number of Topliss-reactive ketones (excluding diaryl/α,β-unsaturated/α-hetero) is 1. The van der Waals surface area contributed by atoms with Gasteiger partial charge in [0.1, 0.15) is 5.75 Å². The molecule has 0 aromatic heterocycles. The minimum absolute atomic E-state index is 0.0755. The fourth-order valence-corrected chi connectivity index (χ4v) is 3.73. The maximum atomic E-state index is 12.7. The number of phenols is 1. The number of ketones is 1. The van der Waals surface area contributed by atoms with Crippen molar-refractivity contribution in [2.75, 3.05) is 13.1 Å². The Bertz CT molecular complexity index is 799. The zero-order chi connectivity index (χ0) is 18.0. The molecule has 130 valence electrons. The lowest BCUT2D eigenvalue weighted by Crippen LogP contribution is -2.40. The standard InChI is InChI=1S/C19H17ClINO3/c20-14-3-1-12(2-4-14)18(24)13-7-9-22(10-8-13)19(25)16-11-15(23)5-6-17(16)21/h1-6,11,13,23H,7-10H2. The van der Waals surface area contributed by atoms with Gasteiger partial charge in [-0.3, -0.25) is 9.59 Å². The smallest absolute Gasteiger partial charge is 0.255 e. The van der Waals surface area contributed by atoms with Crippen LogP contribution in [0.25, 0.3) is 0 Å². The van der Waals surface area contributed by atoms with Gasteiger partial charge in [-0.2, -0.15) is 0 Å². The van der Waals surface area contributed by atoms with Gasteiger partial charge in [-0.25, -0.2) is 0 Å². The van der Waals surface area contributed by atoms with Crippen LogP contribution in [-0.4, -0.2) is 34.8 Å². The molecule has 1 aliphatic heterocycles. The summed E-state index contributed by atoms with van der Waals surface area (Å²) >= 11 is 7.95. The van der Waals surface area contributed by atoms with Crippen LogP contribution in [0.15, 0.2) is 42.5 Å². The van der Waals surface area contributed by atoms with E-state index < -0.39 is 0 Å². The molecule has 0 bridgehead atoms. The van der Waals surface area contributed by atoms with Gasteiger partial charge in [0.15, 0.2) is 5.78 Å². The molecule has 0 saturated carbocycles. The molecule has 1 aliphatic rings. The van der Waals surface area contributed by atoms with Crippen LogP contribution in [0, 0.1) is 9.49 Å². The molecule has 1 amide bonds. The molecule has 0 atom stereocenters. The first kappa shape index (κ1) is 18.2. The predicted molar refractivity (Wildman–Crippen MR) is 105 cm³/mol. The molecule has 2 aromatic rings. The highest BCUT2D eigenvalue weighted by Crippen LogP contribution is 2.26. The molecular formula is C19H17ClINO3. The van der Waals surface area contributed by atoms with Crippen LogP contribution < -0.4 is 0 Å². The van der Waals surface area contributed by atoms with E-state index in [1.807, 2.05) is 0 Å². The first-order chi connectivity index (χ1) is 12.0. The maximum Gasteiger partial charge on any atom is 0.255 e. The van der Waals surface area contributed by atoms with Crippen molar-refractivity contribution in [1.29, 1.82) is 0 Å². The summed E-state index contributed by atoms with van der Waals surface area (Å²) in [6, 6.07) is 11.7. The molecule has 1 saturated heterocycles. The van der Waals surface area contributed by atoms with Gasteiger partial charge in [0, 0.05) is 33.2 Å². The third kappa shape index (κ3) is 4.15. The van der Waals surface area contributed by atoms with Crippen molar-refractivity contribution < 1.29 is 14.7 Å². The van der Waals surface area contributed by atoms with E-state index in [4.69, 9.17) is 11.6 Å². The highest BCUT2D eigenvalue weighted by molar-refractivity contribution is 14.1. The van der Waals surface area contributed by atoms with E-state index in [1.54, 1.807) is 41.3 Å². The van der Waals surface area contributed by atoms with E-state index in [-0.39, 0.29) is 23.4 Å². The highest BCUT2D eigenvalue weighted by atomic mass is 127. The number of carbonyl (C=O) groups is 2. The number of likely N-dealkylation sites (tertiary alicyclic amines) is 1. The first-order valence-corrected chi connectivity index (χ1v) is 9.49. The molecular weight excluding hydrogens is 453 g/mol. The fraction of sp³-hybridized carbons (Fsp3) is 0.263.